The van der Waals surface area contributed by atoms with Crippen LogP contribution in [0.2, 0.25) is 0 Å². The minimum absolute atomic E-state index is 0.0250. The second-order valence-electron chi connectivity index (χ2n) is 3.12. The Morgan fingerprint density at radius 1 is 1.69 bits per heavy atom. The van der Waals surface area contributed by atoms with Crippen molar-refractivity contribution in [1.29, 1.82) is 0 Å². The monoisotopic (exact) mass is 205 g/mol. The Balaban J connectivity index is 2.68. The van der Waals surface area contributed by atoms with Gasteiger partial charge in [0.25, 0.3) is 0 Å². The molecule has 0 amide bonds. The van der Waals surface area contributed by atoms with Crippen molar-refractivity contribution in [1.82, 2.24) is 0 Å². The SMILES string of the molecule is [N-]=[N+]=NC(CO)C1CCS(=O)(=O)C1. The summed E-state index contributed by atoms with van der Waals surface area (Å²) in [6.07, 6.45) is 0.479. The van der Waals surface area contributed by atoms with Gasteiger partial charge in [0.2, 0.25) is 0 Å². The Kier molecular flexibility index (Phi) is 3.13. The highest BCUT2D eigenvalue weighted by molar-refractivity contribution is 7.91. The molecule has 0 aliphatic carbocycles. The molecule has 1 N–H and O–H groups in total. The van der Waals surface area contributed by atoms with E-state index in [1.165, 1.54) is 0 Å². The van der Waals surface area contributed by atoms with Crippen LogP contribution in [0.4, 0.5) is 0 Å². The molecule has 1 fully saturated rings. The summed E-state index contributed by atoms with van der Waals surface area (Å²) in [4.78, 5) is 2.57. The largest absolute Gasteiger partial charge is 0.396 e. The van der Waals surface area contributed by atoms with Gasteiger partial charge in [-0.1, -0.05) is 5.11 Å². The number of hydrogen-bond donors (Lipinski definition) is 1. The molecular weight excluding hydrogens is 194 g/mol. The van der Waals surface area contributed by atoms with Crippen LogP contribution in [0.25, 0.3) is 10.4 Å². The van der Waals surface area contributed by atoms with Gasteiger partial charge in [-0.3, -0.25) is 0 Å². The second kappa shape index (κ2) is 3.95. The lowest BCUT2D eigenvalue weighted by Crippen LogP contribution is -2.23. The van der Waals surface area contributed by atoms with Crippen LogP contribution in [-0.2, 0) is 9.84 Å². The van der Waals surface area contributed by atoms with Crippen LogP contribution in [0.1, 0.15) is 6.42 Å². The fourth-order valence-electron chi connectivity index (χ4n) is 1.47. The molecule has 1 aliphatic rings. The lowest BCUT2D eigenvalue weighted by atomic mass is 10.0. The molecule has 0 aromatic heterocycles. The van der Waals surface area contributed by atoms with E-state index in [1.54, 1.807) is 0 Å². The average molecular weight is 205 g/mol. The van der Waals surface area contributed by atoms with Gasteiger partial charge in [0.1, 0.15) is 0 Å². The maximum absolute atomic E-state index is 11.0. The van der Waals surface area contributed by atoms with Crippen LogP contribution in [-0.4, -0.2) is 37.7 Å². The Morgan fingerprint density at radius 2 is 2.38 bits per heavy atom. The molecule has 6 nitrogen and oxygen atoms in total. The number of aliphatic hydroxyl groups is 1. The fraction of sp³-hybridized carbons (Fsp3) is 1.00. The third-order valence-electron chi connectivity index (χ3n) is 2.20. The van der Waals surface area contributed by atoms with E-state index in [-0.39, 0.29) is 24.0 Å². The molecule has 1 saturated heterocycles. The number of rotatable bonds is 3. The molecule has 0 saturated carbocycles. The first-order valence-corrected chi connectivity index (χ1v) is 5.76. The molecule has 74 valence electrons. The molecule has 13 heavy (non-hydrogen) atoms. The molecule has 7 heteroatoms. The summed E-state index contributed by atoms with van der Waals surface area (Å²) in [6.45, 7) is -0.287. The number of azide groups is 1. The first kappa shape index (κ1) is 10.3. The Morgan fingerprint density at radius 3 is 2.77 bits per heavy atom. The van der Waals surface area contributed by atoms with E-state index in [4.69, 9.17) is 10.6 Å². The quantitative estimate of drug-likeness (QED) is 0.401. The first-order chi connectivity index (χ1) is 6.09. The number of aliphatic hydroxyl groups excluding tert-OH is 1. The standard InChI is InChI=1S/C6H11N3O3S/c7-9-8-6(3-10)5-1-2-13(11,12)4-5/h5-6,10H,1-4H2. The van der Waals surface area contributed by atoms with Crippen molar-refractivity contribution in [3.8, 4) is 0 Å². The molecule has 1 aliphatic heterocycles. The number of nitrogens with zero attached hydrogens (tertiary/aromatic N) is 3. The van der Waals surface area contributed by atoms with Crippen molar-refractivity contribution >= 4 is 9.84 Å². The highest BCUT2D eigenvalue weighted by Gasteiger charge is 2.32. The van der Waals surface area contributed by atoms with Crippen molar-refractivity contribution in [2.24, 2.45) is 11.0 Å². The minimum Gasteiger partial charge on any atom is -0.396 e. The average Bonchev–Trinajstić information content (AvgIpc) is 2.42. The lowest BCUT2D eigenvalue weighted by Gasteiger charge is -2.13. The minimum atomic E-state index is -2.96. The zero-order valence-electron chi connectivity index (χ0n) is 7.00. The van der Waals surface area contributed by atoms with E-state index in [0.29, 0.717) is 6.42 Å². The Labute approximate surface area is 76.1 Å². The van der Waals surface area contributed by atoms with Gasteiger partial charge in [-0.15, -0.1) is 0 Å². The summed E-state index contributed by atoms with van der Waals surface area (Å²) in [5.41, 5.74) is 8.16. The summed E-state index contributed by atoms with van der Waals surface area (Å²) in [7, 11) is -2.96. The first-order valence-electron chi connectivity index (χ1n) is 3.94. The normalized spacial score (nSPS) is 27.9. The van der Waals surface area contributed by atoms with Crippen LogP contribution >= 0.6 is 0 Å². The summed E-state index contributed by atoms with van der Waals surface area (Å²) < 4.78 is 22.1. The van der Waals surface area contributed by atoms with Gasteiger partial charge in [0.15, 0.2) is 9.84 Å². The smallest absolute Gasteiger partial charge is 0.150 e. The molecule has 0 aromatic carbocycles. The van der Waals surface area contributed by atoms with E-state index in [2.05, 4.69) is 10.0 Å². The van der Waals surface area contributed by atoms with E-state index >= 15 is 0 Å². The molecule has 2 atom stereocenters. The third kappa shape index (κ3) is 2.58. The van der Waals surface area contributed by atoms with Crippen molar-refractivity contribution in [3.05, 3.63) is 10.4 Å². The summed E-state index contributed by atoms with van der Waals surface area (Å²) in [5.74, 6) is -0.0577. The third-order valence-corrected chi connectivity index (χ3v) is 3.99. The van der Waals surface area contributed by atoms with Crippen molar-refractivity contribution in [2.45, 2.75) is 12.5 Å². The van der Waals surface area contributed by atoms with Crippen LogP contribution < -0.4 is 0 Å². The molecular formula is C6H11N3O3S. The lowest BCUT2D eigenvalue weighted by molar-refractivity contribution is 0.234. The molecule has 0 aromatic rings. The maximum atomic E-state index is 11.0. The second-order valence-corrected chi connectivity index (χ2v) is 5.35. The molecule has 2 unspecified atom stereocenters. The summed E-state index contributed by atoms with van der Waals surface area (Å²) in [5, 5.41) is 12.2. The van der Waals surface area contributed by atoms with Gasteiger partial charge in [-0.25, -0.2) is 8.42 Å². The zero-order valence-corrected chi connectivity index (χ0v) is 7.81. The maximum Gasteiger partial charge on any atom is 0.150 e. The van der Waals surface area contributed by atoms with Gasteiger partial charge < -0.3 is 5.11 Å². The van der Waals surface area contributed by atoms with Gasteiger partial charge in [0, 0.05) is 4.91 Å². The highest BCUT2D eigenvalue weighted by Crippen LogP contribution is 2.23. The molecule has 1 heterocycles. The van der Waals surface area contributed by atoms with Gasteiger partial charge in [-0.05, 0) is 17.9 Å². The van der Waals surface area contributed by atoms with Crippen LogP contribution in [0.15, 0.2) is 5.11 Å². The van der Waals surface area contributed by atoms with Crippen molar-refractivity contribution < 1.29 is 13.5 Å². The van der Waals surface area contributed by atoms with Crippen LogP contribution in [0, 0.1) is 5.92 Å². The van der Waals surface area contributed by atoms with Crippen molar-refractivity contribution in [2.75, 3.05) is 18.1 Å². The fourth-order valence-corrected chi connectivity index (χ4v) is 3.34. The zero-order chi connectivity index (χ0) is 9.90. The van der Waals surface area contributed by atoms with Crippen LogP contribution in [0.5, 0.6) is 0 Å². The molecule has 0 radical (unpaired) electrons. The van der Waals surface area contributed by atoms with Crippen LogP contribution in [0.3, 0.4) is 0 Å². The predicted octanol–water partition coefficient (Wildman–Crippen LogP) is 0.0923. The van der Waals surface area contributed by atoms with Crippen molar-refractivity contribution in [3.63, 3.8) is 0 Å². The number of hydrogen-bond acceptors (Lipinski definition) is 4. The van der Waals surface area contributed by atoms with E-state index < -0.39 is 15.9 Å². The Hall–Kier alpha value is -0.780. The number of sulfone groups is 1. The highest BCUT2D eigenvalue weighted by atomic mass is 32.2. The van der Waals surface area contributed by atoms with E-state index in [9.17, 15) is 8.42 Å². The predicted molar refractivity (Wildman–Crippen MR) is 46.8 cm³/mol. The molecule has 0 bridgehead atoms. The van der Waals surface area contributed by atoms with Gasteiger partial charge in [0.05, 0.1) is 24.2 Å². The summed E-state index contributed by atoms with van der Waals surface area (Å²) in [6, 6.07) is -0.595. The van der Waals surface area contributed by atoms with E-state index in [1.807, 2.05) is 0 Å². The van der Waals surface area contributed by atoms with Gasteiger partial charge in [-0.2, -0.15) is 0 Å². The van der Waals surface area contributed by atoms with Gasteiger partial charge >= 0.3 is 0 Å². The topological polar surface area (TPSA) is 103 Å². The molecule has 1 rings (SSSR count). The molecule has 0 spiro atoms. The summed E-state index contributed by atoms with van der Waals surface area (Å²) >= 11 is 0. The van der Waals surface area contributed by atoms with E-state index in [0.717, 1.165) is 0 Å². The Bertz CT molecular complexity index is 320.